The van der Waals surface area contributed by atoms with Gasteiger partial charge < -0.3 is 10.6 Å². The molecule has 3 heterocycles. The molecule has 0 aromatic carbocycles. The summed E-state index contributed by atoms with van der Waals surface area (Å²) >= 11 is 0. The van der Waals surface area contributed by atoms with Gasteiger partial charge in [0.25, 0.3) is 0 Å². The molecule has 2 aromatic heterocycles. The summed E-state index contributed by atoms with van der Waals surface area (Å²) < 4.78 is 1.88. The molecule has 0 spiro atoms. The van der Waals surface area contributed by atoms with E-state index in [1.807, 2.05) is 18.5 Å². The van der Waals surface area contributed by atoms with Gasteiger partial charge in [0.15, 0.2) is 5.65 Å². The first-order valence-electron chi connectivity index (χ1n) is 8.90. The average molecular weight is 330 g/mol. The lowest BCUT2D eigenvalue weighted by molar-refractivity contribution is -0.125. The Labute approximate surface area is 142 Å². The molecule has 2 N–H and O–H groups in total. The van der Waals surface area contributed by atoms with Crippen LogP contribution in [-0.4, -0.2) is 45.3 Å². The van der Waals surface area contributed by atoms with Gasteiger partial charge >= 0.3 is 0 Å². The van der Waals surface area contributed by atoms with Crippen molar-refractivity contribution in [3.63, 3.8) is 0 Å². The van der Waals surface area contributed by atoms with E-state index in [0.29, 0.717) is 19.0 Å². The van der Waals surface area contributed by atoms with Gasteiger partial charge in [-0.25, -0.2) is 14.6 Å². The Morgan fingerprint density at radius 2 is 2.17 bits per heavy atom. The minimum Gasteiger partial charge on any atom is -0.354 e. The zero-order chi connectivity index (χ0) is 16.9. The molecule has 1 fully saturated rings. The van der Waals surface area contributed by atoms with E-state index in [-0.39, 0.29) is 11.8 Å². The zero-order valence-electron chi connectivity index (χ0n) is 14.5. The van der Waals surface area contributed by atoms with Gasteiger partial charge in [0.2, 0.25) is 5.91 Å². The monoisotopic (exact) mass is 330 g/mol. The molecule has 1 atom stereocenters. The number of carbonyl (C=O) groups excluding carboxylic acids is 1. The Kier molecular flexibility index (Phi) is 5.40. The smallest absolute Gasteiger partial charge is 0.223 e. The Morgan fingerprint density at radius 1 is 1.38 bits per heavy atom. The Bertz CT molecular complexity index is 687. The van der Waals surface area contributed by atoms with Crippen molar-refractivity contribution < 1.29 is 4.79 Å². The van der Waals surface area contributed by atoms with Crippen LogP contribution in [-0.2, 0) is 11.3 Å². The van der Waals surface area contributed by atoms with Gasteiger partial charge in [0.05, 0.1) is 12.2 Å². The van der Waals surface area contributed by atoms with E-state index in [0.717, 1.165) is 49.2 Å². The van der Waals surface area contributed by atoms with Crippen molar-refractivity contribution in [3.8, 4) is 0 Å². The number of fused-ring (bicyclic) bond motifs is 1. The number of rotatable bonds is 7. The van der Waals surface area contributed by atoms with Crippen molar-refractivity contribution >= 4 is 17.1 Å². The van der Waals surface area contributed by atoms with Gasteiger partial charge in [-0.15, -0.1) is 0 Å². The molecule has 0 radical (unpaired) electrons. The van der Waals surface area contributed by atoms with Crippen LogP contribution in [0, 0.1) is 5.92 Å². The molecule has 7 heteroatoms. The largest absolute Gasteiger partial charge is 0.354 e. The van der Waals surface area contributed by atoms with E-state index < -0.39 is 0 Å². The number of nitrogens with zero attached hydrogens (tertiary/aromatic N) is 4. The molecule has 1 aliphatic heterocycles. The van der Waals surface area contributed by atoms with Crippen molar-refractivity contribution in [2.24, 2.45) is 5.92 Å². The summed E-state index contributed by atoms with van der Waals surface area (Å²) in [5, 5.41) is 11.1. The summed E-state index contributed by atoms with van der Waals surface area (Å²) in [4.78, 5) is 21.0. The molecule has 1 aliphatic rings. The van der Waals surface area contributed by atoms with Crippen LogP contribution in [0.2, 0.25) is 0 Å². The normalized spacial score (nSPS) is 17.7. The molecule has 7 nitrogen and oxygen atoms in total. The number of hydrogen-bond donors (Lipinski definition) is 2. The summed E-state index contributed by atoms with van der Waals surface area (Å²) in [7, 11) is 0. The highest BCUT2D eigenvalue weighted by Gasteiger charge is 2.24. The fourth-order valence-corrected chi connectivity index (χ4v) is 3.33. The quantitative estimate of drug-likeness (QED) is 0.803. The molecule has 24 heavy (non-hydrogen) atoms. The molecule has 1 saturated heterocycles. The maximum absolute atomic E-state index is 12.1. The first kappa shape index (κ1) is 16.8. The number of hydrogen-bond acceptors (Lipinski definition) is 5. The average Bonchev–Trinajstić information content (AvgIpc) is 3.24. The van der Waals surface area contributed by atoms with Crippen LogP contribution in [0.1, 0.15) is 44.7 Å². The van der Waals surface area contributed by atoms with Gasteiger partial charge in [-0.05, 0) is 25.8 Å². The second kappa shape index (κ2) is 7.70. The van der Waals surface area contributed by atoms with E-state index in [1.54, 1.807) is 12.4 Å². The zero-order valence-corrected chi connectivity index (χ0v) is 14.5. The third kappa shape index (κ3) is 3.40. The first-order valence-corrected chi connectivity index (χ1v) is 8.90. The van der Waals surface area contributed by atoms with Crippen molar-refractivity contribution in [3.05, 3.63) is 18.1 Å². The third-order valence-electron chi connectivity index (χ3n) is 4.82. The number of carbonyl (C=O) groups is 1. The summed E-state index contributed by atoms with van der Waals surface area (Å²) in [6, 6.07) is 0. The SMILES string of the molecule is CCC(CC)C(=O)NCCn1nc([C@H]2CCNC2)c2nccnc21. The van der Waals surface area contributed by atoms with E-state index >= 15 is 0 Å². The van der Waals surface area contributed by atoms with Gasteiger partial charge in [-0.2, -0.15) is 5.10 Å². The number of amides is 1. The minimum absolute atomic E-state index is 0.0966. The molecular weight excluding hydrogens is 304 g/mol. The predicted molar refractivity (Wildman–Crippen MR) is 92.6 cm³/mol. The van der Waals surface area contributed by atoms with Crippen LogP contribution in [0.3, 0.4) is 0 Å². The molecule has 0 aliphatic carbocycles. The Morgan fingerprint density at radius 3 is 2.88 bits per heavy atom. The molecule has 0 saturated carbocycles. The minimum atomic E-state index is 0.0966. The highest BCUT2D eigenvalue weighted by atomic mass is 16.1. The van der Waals surface area contributed by atoms with Crippen LogP contribution in [0.4, 0.5) is 0 Å². The number of aromatic nitrogens is 4. The molecule has 1 amide bonds. The van der Waals surface area contributed by atoms with Crippen molar-refractivity contribution in [1.82, 2.24) is 30.4 Å². The predicted octanol–water partition coefficient (Wildman–Crippen LogP) is 1.46. The fraction of sp³-hybridized carbons (Fsp3) is 0.647. The van der Waals surface area contributed by atoms with Crippen molar-refractivity contribution in [1.29, 1.82) is 0 Å². The second-order valence-electron chi connectivity index (χ2n) is 6.33. The molecule has 0 unspecified atom stereocenters. The summed E-state index contributed by atoms with van der Waals surface area (Å²) in [6.45, 7) is 7.23. The highest BCUT2D eigenvalue weighted by Crippen LogP contribution is 2.26. The van der Waals surface area contributed by atoms with Crippen molar-refractivity contribution in [2.45, 2.75) is 45.6 Å². The van der Waals surface area contributed by atoms with Crippen LogP contribution in [0.25, 0.3) is 11.2 Å². The van der Waals surface area contributed by atoms with E-state index in [9.17, 15) is 4.79 Å². The third-order valence-corrected chi connectivity index (χ3v) is 4.82. The van der Waals surface area contributed by atoms with Gasteiger partial charge in [-0.1, -0.05) is 13.8 Å². The van der Waals surface area contributed by atoms with E-state index in [2.05, 4.69) is 20.6 Å². The lowest BCUT2D eigenvalue weighted by Crippen LogP contribution is -2.32. The molecule has 3 rings (SSSR count). The first-order chi connectivity index (χ1) is 11.7. The lowest BCUT2D eigenvalue weighted by Gasteiger charge is -2.12. The van der Waals surface area contributed by atoms with Gasteiger partial charge in [0.1, 0.15) is 5.52 Å². The van der Waals surface area contributed by atoms with Crippen LogP contribution in [0.5, 0.6) is 0 Å². The van der Waals surface area contributed by atoms with Gasteiger partial charge in [0, 0.05) is 37.3 Å². The molecule has 130 valence electrons. The maximum atomic E-state index is 12.1. The molecule has 0 bridgehead atoms. The van der Waals surface area contributed by atoms with Gasteiger partial charge in [-0.3, -0.25) is 4.79 Å². The summed E-state index contributed by atoms with van der Waals surface area (Å²) in [5.74, 6) is 0.617. The highest BCUT2D eigenvalue weighted by molar-refractivity contribution is 5.78. The maximum Gasteiger partial charge on any atom is 0.223 e. The lowest BCUT2D eigenvalue weighted by atomic mass is 10.0. The van der Waals surface area contributed by atoms with Crippen LogP contribution in [0.15, 0.2) is 12.4 Å². The fourth-order valence-electron chi connectivity index (χ4n) is 3.33. The van der Waals surface area contributed by atoms with Crippen LogP contribution >= 0.6 is 0 Å². The summed E-state index contributed by atoms with van der Waals surface area (Å²) in [6.07, 6.45) is 6.23. The standard InChI is InChI=1S/C17H26N6O/c1-3-12(4-2)17(24)21-9-10-23-16-15(19-7-8-20-16)14(22-23)13-5-6-18-11-13/h7-8,12-13,18H,3-6,9-11H2,1-2H3,(H,21,24)/t13-/m0/s1. The molecular formula is C17H26N6O. The Balaban J connectivity index is 1.72. The van der Waals surface area contributed by atoms with Crippen LogP contribution < -0.4 is 10.6 Å². The number of nitrogens with one attached hydrogen (secondary N) is 2. The van der Waals surface area contributed by atoms with E-state index in [4.69, 9.17) is 5.10 Å². The topological polar surface area (TPSA) is 84.7 Å². The summed E-state index contributed by atoms with van der Waals surface area (Å²) in [5.41, 5.74) is 2.71. The second-order valence-corrected chi connectivity index (χ2v) is 6.33. The van der Waals surface area contributed by atoms with E-state index in [1.165, 1.54) is 0 Å². The molecule has 2 aromatic rings. The Hall–Kier alpha value is -2.02. The van der Waals surface area contributed by atoms with Crippen molar-refractivity contribution in [2.75, 3.05) is 19.6 Å².